The van der Waals surface area contributed by atoms with E-state index in [1.54, 1.807) is 12.1 Å². The summed E-state index contributed by atoms with van der Waals surface area (Å²) in [5.41, 5.74) is 0.563. The Morgan fingerprint density at radius 1 is 1.45 bits per heavy atom. The minimum atomic E-state index is -1.04. The van der Waals surface area contributed by atoms with Gasteiger partial charge in [0.05, 0.1) is 11.6 Å². The molecule has 0 aliphatic heterocycles. The number of benzene rings is 1. The minimum absolute atomic E-state index is 0.380. The number of hydrogen-bond acceptors (Lipinski definition) is 3. The van der Waals surface area contributed by atoms with Crippen LogP contribution in [0.5, 0.6) is 5.75 Å². The van der Waals surface area contributed by atoms with Gasteiger partial charge in [0.2, 0.25) is 0 Å². The quantitative estimate of drug-likeness (QED) is 0.556. The van der Waals surface area contributed by atoms with Gasteiger partial charge in [-0.3, -0.25) is 0 Å². The van der Waals surface area contributed by atoms with Crippen LogP contribution in [0.25, 0.3) is 6.08 Å². The SMILES string of the molecule is CCSCCCOc1c(Cl)cc(Cl)cc1/C=C/C(=O)O. The third kappa shape index (κ3) is 6.07. The third-order valence-electron chi connectivity index (χ3n) is 2.33. The topological polar surface area (TPSA) is 46.5 Å². The second kappa shape index (κ2) is 9.16. The van der Waals surface area contributed by atoms with E-state index in [0.717, 1.165) is 24.0 Å². The minimum Gasteiger partial charge on any atom is -0.491 e. The molecule has 1 rings (SSSR count). The van der Waals surface area contributed by atoms with E-state index < -0.39 is 5.97 Å². The van der Waals surface area contributed by atoms with Gasteiger partial charge in [0, 0.05) is 16.7 Å². The molecule has 0 saturated carbocycles. The van der Waals surface area contributed by atoms with Gasteiger partial charge in [0.15, 0.2) is 0 Å². The van der Waals surface area contributed by atoms with Crippen LogP contribution in [0.3, 0.4) is 0 Å². The standard InChI is InChI=1S/C14H16Cl2O3S/c1-2-20-7-3-6-19-14-10(4-5-13(17)18)8-11(15)9-12(14)16/h4-5,8-9H,2-3,6-7H2,1H3,(H,17,18)/b5-4+. The number of ether oxygens (including phenoxy) is 1. The van der Waals surface area contributed by atoms with Gasteiger partial charge in [-0.1, -0.05) is 30.1 Å². The molecule has 0 aliphatic rings. The molecular weight excluding hydrogens is 319 g/mol. The van der Waals surface area contributed by atoms with E-state index in [0.29, 0.717) is 28.0 Å². The van der Waals surface area contributed by atoms with Crippen molar-refractivity contribution < 1.29 is 14.6 Å². The van der Waals surface area contributed by atoms with Crippen molar-refractivity contribution in [2.24, 2.45) is 0 Å². The lowest BCUT2D eigenvalue weighted by atomic mass is 10.2. The first-order valence-corrected chi connectivity index (χ1v) is 8.06. The number of aliphatic carboxylic acids is 1. The molecule has 0 saturated heterocycles. The van der Waals surface area contributed by atoms with Gasteiger partial charge >= 0.3 is 5.97 Å². The van der Waals surface area contributed by atoms with Crippen molar-refractivity contribution >= 4 is 47.0 Å². The summed E-state index contributed by atoms with van der Waals surface area (Å²) in [6.07, 6.45) is 3.36. The van der Waals surface area contributed by atoms with E-state index in [1.165, 1.54) is 6.08 Å². The Bertz CT molecular complexity index is 490. The zero-order chi connectivity index (χ0) is 15.0. The first-order valence-electron chi connectivity index (χ1n) is 6.15. The number of rotatable bonds is 8. The first kappa shape index (κ1) is 17.2. The highest BCUT2D eigenvalue weighted by molar-refractivity contribution is 7.99. The average Bonchev–Trinajstić information content (AvgIpc) is 2.38. The molecule has 0 unspecified atom stereocenters. The molecule has 1 aromatic rings. The fourth-order valence-corrected chi connectivity index (χ4v) is 2.67. The van der Waals surface area contributed by atoms with Crippen molar-refractivity contribution in [1.29, 1.82) is 0 Å². The summed E-state index contributed by atoms with van der Waals surface area (Å²) in [6, 6.07) is 3.21. The first-order chi connectivity index (χ1) is 9.54. The van der Waals surface area contributed by atoms with Gasteiger partial charge in [0.1, 0.15) is 5.75 Å². The van der Waals surface area contributed by atoms with Crippen molar-refractivity contribution in [1.82, 2.24) is 0 Å². The maximum absolute atomic E-state index is 10.6. The molecule has 0 bridgehead atoms. The second-order valence-electron chi connectivity index (χ2n) is 3.88. The molecule has 0 amide bonds. The molecule has 6 heteroatoms. The summed E-state index contributed by atoms with van der Waals surface area (Å²) in [4.78, 5) is 10.6. The molecule has 0 atom stereocenters. The van der Waals surface area contributed by atoms with E-state index in [-0.39, 0.29) is 0 Å². The Labute approximate surface area is 132 Å². The molecule has 0 aliphatic carbocycles. The molecule has 0 aromatic heterocycles. The predicted molar refractivity (Wildman–Crippen MR) is 86.2 cm³/mol. The highest BCUT2D eigenvalue weighted by atomic mass is 35.5. The predicted octanol–water partition coefficient (Wildman–Crippen LogP) is 4.61. The van der Waals surface area contributed by atoms with Gasteiger partial charge in [-0.25, -0.2) is 4.79 Å². The van der Waals surface area contributed by atoms with Gasteiger partial charge in [0.25, 0.3) is 0 Å². The fraction of sp³-hybridized carbons (Fsp3) is 0.357. The lowest BCUT2D eigenvalue weighted by molar-refractivity contribution is -0.131. The van der Waals surface area contributed by atoms with E-state index in [9.17, 15) is 4.79 Å². The van der Waals surface area contributed by atoms with Crippen LogP contribution in [-0.4, -0.2) is 29.2 Å². The van der Waals surface area contributed by atoms with Gasteiger partial charge in [-0.2, -0.15) is 11.8 Å². The molecular formula is C14H16Cl2O3S. The molecule has 0 heterocycles. The van der Waals surface area contributed by atoms with Crippen LogP contribution in [0.4, 0.5) is 0 Å². The maximum atomic E-state index is 10.6. The molecule has 20 heavy (non-hydrogen) atoms. The Balaban J connectivity index is 2.79. The van der Waals surface area contributed by atoms with Gasteiger partial charge < -0.3 is 9.84 Å². The van der Waals surface area contributed by atoms with Crippen molar-refractivity contribution in [3.8, 4) is 5.75 Å². The maximum Gasteiger partial charge on any atom is 0.328 e. The van der Waals surface area contributed by atoms with Gasteiger partial charge in [-0.15, -0.1) is 0 Å². The molecule has 3 nitrogen and oxygen atoms in total. The van der Waals surface area contributed by atoms with Crippen molar-refractivity contribution in [2.45, 2.75) is 13.3 Å². The number of hydrogen-bond donors (Lipinski definition) is 1. The lowest BCUT2D eigenvalue weighted by Gasteiger charge is -2.11. The molecule has 0 fully saturated rings. The summed E-state index contributed by atoms with van der Waals surface area (Å²) in [5, 5.41) is 9.50. The summed E-state index contributed by atoms with van der Waals surface area (Å²) < 4.78 is 5.65. The van der Waals surface area contributed by atoms with Gasteiger partial charge in [-0.05, 0) is 36.1 Å². The van der Waals surface area contributed by atoms with E-state index in [2.05, 4.69) is 6.92 Å². The largest absolute Gasteiger partial charge is 0.491 e. The third-order valence-corrected chi connectivity index (χ3v) is 3.81. The molecule has 0 radical (unpaired) electrons. The van der Waals surface area contributed by atoms with Crippen LogP contribution in [0.1, 0.15) is 18.9 Å². The lowest BCUT2D eigenvalue weighted by Crippen LogP contribution is -2.01. The summed E-state index contributed by atoms with van der Waals surface area (Å²) in [7, 11) is 0. The summed E-state index contributed by atoms with van der Waals surface area (Å²) in [6.45, 7) is 2.64. The highest BCUT2D eigenvalue weighted by Crippen LogP contribution is 2.33. The molecule has 1 aromatic carbocycles. The highest BCUT2D eigenvalue weighted by Gasteiger charge is 2.09. The van der Waals surface area contributed by atoms with Crippen LogP contribution < -0.4 is 4.74 Å². The van der Waals surface area contributed by atoms with E-state index >= 15 is 0 Å². The normalized spacial score (nSPS) is 10.9. The smallest absolute Gasteiger partial charge is 0.328 e. The number of carboxylic acids is 1. The molecule has 1 N–H and O–H groups in total. The number of carboxylic acid groups (broad SMARTS) is 1. The van der Waals surface area contributed by atoms with Crippen LogP contribution in [0.15, 0.2) is 18.2 Å². The molecule has 110 valence electrons. The Kier molecular flexibility index (Phi) is 7.88. The van der Waals surface area contributed by atoms with Crippen molar-refractivity contribution in [3.63, 3.8) is 0 Å². The summed E-state index contributed by atoms with van der Waals surface area (Å²) in [5.74, 6) is 1.53. The monoisotopic (exact) mass is 334 g/mol. The van der Waals surface area contributed by atoms with Crippen LogP contribution >= 0.6 is 35.0 Å². The average molecular weight is 335 g/mol. The molecule has 0 spiro atoms. The zero-order valence-corrected chi connectivity index (χ0v) is 13.4. The number of carbonyl (C=O) groups is 1. The van der Waals surface area contributed by atoms with E-state index in [4.69, 9.17) is 33.0 Å². The zero-order valence-electron chi connectivity index (χ0n) is 11.1. The van der Waals surface area contributed by atoms with E-state index in [1.807, 2.05) is 11.8 Å². The number of halogens is 2. The Morgan fingerprint density at radius 3 is 2.85 bits per heavy atom. The number of thioether (sulfide) groups is 1. The fourth-order valence-electron chi connectivity index (χ4n) is 1.50. The van der Waals surface area contributed by atoms with Crippen molar-refractivity contribution in [3.05, 3.63) is 33.8 Å². The van der Waals surface area contributed by atoms with Crippen LogP contribution in [0, 0.1) is 0 Å². The Morgan fingerprint density at radius 2 is 2.20 bits per heavy atom. The van der Waals surface area contributed by atoms with Crippen LogP contribution in [-0.2, 0) is 4.79 Å². The summed E-state index contributed by atoms with van der Waals surface area (Å²) >= 11 is 13.9. The second-order valence-corrected chi connectivity index (χ2v) is 6.11. The van der Waals surface area contributed by atoms with Crippen molar-refractivity contribution in [2.75, 3.05) is 18.1 Å². The van der Waals surface area contributed by atoms with Crippen LogP contribution in [0.2, 0.25) is 10.0 Å². The Hall–Kier alpha value is -0.840.